The third-order valence-electron chi connectivity index (χ3n) is 2.06. The van der Waals surface area contributed by atoms with E-state index in [0.717, 1.165) is 0 Å². The fourth-order valence-electron chi connectivity index (χ4n) is 1.15. The molecule has 16 heavy (non-hydrogen) atoms. The molecule has 0 saturated carbocycles. The minimum absolute atomic E-state index is 0.213. The number of ketones is 1. The topological polar surface area (TPSA) is 43.4 Å². The zero-order valence-electron chi connectivity index (χ0n) is 9.40. The van der Waals surface area contributed by atoms with Crippen LogP contribution in [0.5, 0.6) is 0 Å². The molecule has 0 aromatic heterocycles. The molecule has 3 nitrogen and oxygen atoms in total. The highest BCUT2D eigenvalue weighted by Crippen LogP contribution is 2.07. The van der Waals surface area contributed by atoms with Crippen LogP contribution in [0.2, 0.25) is 0 Å². The summed E-state index contributed by atoms with van der Waals surface area (Å²) < 4.78 is 4.94. The highest BCUT2D eigenvalue weighted by molar-refractivity contribution is 6.01. The van der Waals surface area contributed by atoms with Gasteiger partial charge in [0.2, 0.25) is 5.78 Å². The van der Waals surface area contributed by atoms with E-state index in [-0.39, 0.29) is 11.4 Å². The summed E-state index contributed by atoms with van der Waals surface area (Å²) in [6.45, 7) is 6.55. The van der Waals surface area contributed by atoms with Gasteiger partial charge >= 0.3 is 5.97 Å². The molecule has 0 aliphatic heterocycles. The third kappa shape index (κ3) is 3.05. The van der Waals surface area contributed by atoms with E-state index in [2.05, 4.69) is 6.58 Å². The molecular weight excluding hydrogens is 204 g/mol. The lowest BCUT2D eigenvalue weighted by molar-refractivity contribution is -0.141. The van der Waals surface area contributed by atoms with E-state index in [1.54, 1.807) is 38.1 Å². The molecule has 0 spiro atoms. The Labute approximate surface area is 94.7 Å². The highest BCUT2D eigenvalue weighted by Gasteiger charge is 2.19. The first kappa shape index (κ1) is 12.2. The van der Waals surface area contributed by atoms with Gasteiger partial charge in [0.15, 0.2) is 6.10 Å². The second-order valence-electron chi connectivity index (χ2n) is 3.56. The summed E-state index contributed by atoms with van der Waals surface area (Å²) in [5, 5.41) is 0. The Morgan fingerprint density at radius 1 is 1.25 bits per heavy atom. The van der Waals surface area contributed by atoms with Gasteiger partial charge in [0.25, 0.3) is 0 Å². The monoisotopic (exact) mass is 218 g/mol. The number of carbonyl (C=O) groups is 2. The summed E-state index contributed by atoms with van der Waals surface area (Å²) in [6, 6.07) is 8.73. The van der Waals surface area contributed by atoms with Crippen molar-refractivity contribution in [1.29, 1.82) is 0 Å². The molecule has 1 aromatic rings. The summed E-state index contributed by atoms with van der Waals surface area (Å²) in [4.78, 5) is 23.0. The fourth-order valence-corrected chi connectivity index (χ4v) is 1.15. The lowest BCUT2D eigenvalue weighted by Gasteiger charge is -2.11. The van der Waals surface area contributed by atoms with Crippen LogP contribution in [0.4, 0.5) is 0 Å². The lowest BCUT2D eigenvalue weighted by Crippen LogP contribution is -2.24. The van der Waals surface area contributed by atoms with Gasteiger partial charge in [-0.3, -0.25) is 4.79 Å². The Kier molecular flexibility index (Phi) is 4.00. The molecule has 0 saturated heterocycles. The van der Waals surface area contributed by atoms with Crippen molar-refractivity contribution in [3.8, 4) is 0 Å². The maximum atomic E-state index is 11.8. The van der Waals surface area contributed by atoms with E-state index < -0.39 is 12.1 Å². The predicted octanol–water partition coefficient (Wildman–Crippen LogP) is 2.38. The fraction of sp³-hybridized carbons (Fsp3) is 0.231. The Balaban J connectivity index is 2.69. The smallest absolute Gasteiger partial charge is 0.333 e. The first-order chi connectivity index (χ1) is 7.52. The van der Waals surface area contributed by atoms with E-state index in [1.807, 2.05) is 6.07 Å². The first-order valence-electron chi connectivity index (χ1n) is 4.98. The maximum Gasteiger partial charge on any atom is 0.333 e. The van der Waals surface area contributed by atoms with Gasteiger partial charge in [0.1, 0.15) is 0 Å². The minimum atomic E-state index is -0.786. The van der Waals surface area contributed by atoms with Crippen molar-refractivity contribution in [2.75, 3.05) is 0 Å². The van der Waals surface area contributed by atoms with Crippen LogP contribution < -0.4 is 0 Å². The highest BCUT2D eigenvalue weighted by atomic mass is 16.5. The number of rotatable bonds is 4. The van der Waals surface area contributed by atoms with Crippen LogP contribution in [0.3, 0.4) is 0 Å². The zero-order valence-corrected chi connectivity index (χ0v) is 9.40. The molecule has 0 bridgehead atoms. The normalized spacial score (nSPS) is 11.6. The first-order valence-corrected chi connectivity index (χ1v) is 4.98. The quantitative estimate of drug-likeness (QED) is 0.442. The number of esters is 1. The van der Waals surface area contributed by atoms with Gasteiger partial charge in [-0.2, -0.15) is 0 Å². The molecule has 0 fully saturated rings. The van der Waals surface area contributed by atoms with Crippen LogP contribution in [-0.2, 0) is 9.53 Å². The van der Waals surface area contributed by atoms with Gasteiger partial charge < -0.3 is 4.74 Å². The zero-order chi connectivity index (χ0) is 12.1. The van der Waals surface area contributed by atoms with Crippen molar-refractivity contribution in [1.82, 2.24) is 0 Å². The summed E-state index contributed by atoms with van der Waals surface area (Å²) in [5.41, 5.74) is 0.817. The van der Waals surface area contributed by atoms with Crippen molar-refractivity contribution in [2.45, 2.75) is 20.0 Å². The second-order valence-corrected chi connectivity index (χ2v) is 3.56. The molecule has 0 aliphatic rings. The average Bonchev–Trinajstić information content (AvgIpc) is 2.28. The number of benzene rings is 1. The number of Topliss-reactive ketones (excluding diaryl/α,β-unsaturated/α-hetero) is 1. The Morgan fingerprint density at radius 3 is 2.31 bits per heavy atom. The second kappa shape index (κ2) is 5.26. The molecule has 1 atom stereocenters. The molecule has 3 heteroatoms. The SMILES string of the molecule is C=C(C)C(=O)OC(C)C(=O)c1ccccc1. The molecule has 1 unspecified atom stereocenters. The Hall–Kier alpha value is -1.90. The van der Waals surface area contributed by atoms with Crippen LogP contribution >= 0.6 is 0 Å². The van der Waals surface area contributed by atoms with Gasteiger partial charge in [-0.05, 0) is 13.8 Å². The van der Waals surface area contributed by atoms with Gasteiger partial charge in [-0.1, -0.05) is 36.9 Å². The van der Waals surface area contributed by atoms with E-state index >= 15 is 0 Å². The lowest BCUT2D eigenvalue weighted by atomic mass is 10.1. The van der Waals surface area contributed by atoms with Crippen molar-refractivity contribution in [3.05, 3.63) is 48.0 Å². The van der Waals surface area contributed by atoms with E-state index in [9.17, 15) is 9.59 Å². The molecule has 0 amide bonds. The average molecular weight is 218 g/mol. The van der Waals surface area contributed by atoms with Crippen molar-refractivity contribution < 1.29 is 14.3 Å². The largest absolute Gasteiger partial charge is 0.451 e. The van der Waals surface area contributed by atoms with Gasteiger partial charge in [-0.15, -0.1) is 0 Å². The molecule has 0 heterocycles. The minimum Gasteiger partial charge on any atom is -0.451 e. The number of hydrogen-bond acceptors (Lipinski definition) is 3. The number of carbonyl (C=O) groups excluding carboxylic acids is 2. The molecule has 1 aromatic carbocycles. The summed E-state index contributed by atoms with van der Waals surface area (Å²) in [5.74, 6) is -0.757. The maximum absolute atomic E-state index is 11.8. The van der Waals surface area contributed by atoms with E-state index in [0.29, 0.717) is 5.56 Å². The third-order valence-corrected chi connectivity index (χ3v) is 2.06. The van der Waals surface area contributed by atoms with Gasteiger partial charge in [0, 0.05) is 11.1 Å². The van der Waals surface area contributed by atoms with Crippen molar-refractivity contribution >= 4 is 11.8 Å². The standard InChI is InChI=1S/C13H14O3/c1-9(2)13(15)16-10(3)12(14)11-7-5-4-6-8-11/h4-8,10H,1H2,2-3H3. The molecular formula is C13H14O3. The van der Waals surface area contributed by atoms with Gasteiger partial charge in [0.05, 0.1) is 0 Å². The van der Waals surface area contributed by atoms with E-state index in [4.69, 9.17) is 4.74 Å². The van der Waals surface area contributed by atoms with Crippen LogP contribution in [0.25, 0.3) is 0 Å². The summed E-state index contributed by atoms with van der Waals surface area (Å²) >= 11 is 0. The summed E-state index contributed by atoms with van der Waals surface area (Å²) in [7, 11) is 0. The van der Waals surface area contributed by atoms with Crippen LogP contribution in [0.15, 0.2) is 42.5 Å². The van der Waals surface area contributed by atoms with Crippen LogP contribution in [-0.4, -0.2) is 17.9 Å². The molecule has 0 N–H and O–H groups in total. The van der Waals surface area contributed by atoms with Crippen LogP contribution in [0.1, 0.15) is 24.2 Å². The number of ether oxygens (including phenoxy) is 1. The van der Waals surface area contributed by atoms with E-state index in [1.165, 1.54) is 0 Å². The molecule has 1 rings (SSSR count). The molecule has 0 aliphatic carbocycles. The summed E-state index contributed by atoms with van der Waals surface area (Å²) in [6.07, 6.45) is -0.786. The molecule has 84 valence electrons. The van der Waals surface area contributed by atoms with Crippen molar-refractivity contribution in [2.24, 2.45) is 0 Å². The van der Waals surface area contributed by atoms with Crippen molar-refractivity contribution in [3.63, 3.8) is 0 Å². The Morgan fingerprint density at radius 2 is 1.81 bits per heavy atom. The van der Waals surface area contributed by atoms with Gasteiger partial charge in [-0.25, -0.2) is 4.79 Å². The Bertz CT molecular complexity index is 406. The number of hydrogen-bond donors (Lipinski definition) is 0. The van der Waals surface area contributed by atoms with Crippen LogP contribution in [0, 0.1) is 0 Å². The predicted molar refractivity (Wildman–Crippen MR) is 61.1 cm³/mol. The molecule has 0 radical (unpaired) electrons.